The Morgan fingerprint density at radius 2 is 0.839 bits per heavy atom. The van der Waals surface area contributed by atoms with Gasteiger partial charge >= 0.3 is 0 Å². The molecule has 0 atom stereocenters. The molecule has 2 aliphatic heterocycles. The maximum atomic E-state index is 2.51. The number of anilines is 9. The van der Waals surface area contributed by atoms with Gasteiger partial charge in [0, 0.05) is 51.2 Å². The summed E-state index contributed by atoms with van der Waals surface area (Å²) in [6.45, 7) is 6.84. The second kappa shape index (κ2) is 15.2. The van der Waals surface area contributed by atoms with E-state index in [1.54, 1.807) is 0 Å². The van der Waals surface area contributed by atoms with E-state index in [-0.39, 0.29) is 12.1 Å². The van der Waals surface area contributed by atoms with Crippen LogP contribution in [0, 0.1) is 0 Å². The van der Waals surface area contributed by atoms with Crippen LogP contribution < -0.4 is 31.1 Å². The first kappa shape index (κ1) is 37.4. The highest BCUT2D eigenvalue weighted by Crippen LogP contribution is 2.47. The molecule has 9 aromatic rings. The van der Waals surface area contributed by atoms with Gasteiger partial charge in [0.15, 0.2) is 0 Å². The average molecular weight is 796 g/mol. The minimum absolute atomic E-state index is 0.00868. The molecule has 0 bridgehead atoms. The fourth-order valence-corrected chi connectivity index (χ4v) is 9.59. The molecule has 0 spiro atoms. The monoisotopic (exact) mass is 795 g/mol. The van der Waals surface area contributed by atoms with E-state index < -0.39 is 0 Å². The molecule has 0 unspecified atom stereocenters. The predicted octanol–water partition coefficient (Wildman–Crippen LogP) is 13.9. The van der Waals surface area contributed by atoms with Crippen LogP contribution in [0.2, 0.25) is 0 Å². The predicted molar refractivity (Wildman–Crippen MR) is 265 cm³/mol. The van der Waals surface area contributed by atoms with Gasteiger partial charge in [-0.2, -0.15) is 0 Å². The van der Waals surface area contributed by atoms with Crippen LogP contribution >= 0.6 is 0 Å². The third-order valence-electron chi connectivity index (χ3n) is 12.6. The second-order valence-corrected chi connectivity index (χ2v) is 17.4. The summed E-state index contributed by atoms with van der Waals surface area (Å²) in [6.07, 6.45) is 0. The van der Waals surface area contributed by atoms with Crippen LogP contribution in [0.4, 0.5) is 51.2 Å². The molecule has 0 radical (unpaired) electrons. The fraction of sp³-hybridized carbons (Fsp3) is 0.0690. The van der Waals surface area contributed by atoms with Gasteiger partial charge in [0.25, 0.3) is 6.71 Å². The van der Waals surface area contributed by atoms with Crippen LogP contribution in [0.15, 0.2) is 224 Å². The third kappa shape index (κ3) is 6.47. The van der Waals surface area contributed by atoms with Crippen molar-refractivity contribution in [1.29, 1.82) is 0 Å². The molecular formula is C58H46BN3. The first-order valence-corrected chi connectivity index (χ1v) is 21.6. The van der Waals surface area contributed by atoms with Crippen LogP contribution in [0.5, 0.6) is 0 Å². The molecule has 2 aliphatic rings. The van der Waals surface area contributed by atoms with Crippen molar-refractivity contribution in [1.82, 2.24) is 0 Å². The number of rotatable bonds is 7. The third-order valence-corrected chi connectivity index (χ3v) is 12.6. The van der Waals surface area contributed by atoms with Crippen LogP contribution in [-0.4, -0.2) is 6.71 Å². The molecule has 0 amide bonds. The molecule has 62 heavy (non-hydrogen) atoms. The van der Waals surface area contributed by atoms with Gasteiger partial charge in [0.1, 0.15) is 0 Å². The number of hydrogen-bond donors (Lipinski definition) is 0. The molecule has 4 heteroatoms. The molecule has 296 valence electrons. The lowest BCUT2D eigenvalue weighted by molar-refractivity contribution is 0.590. The lowest BCUT2D eigenvalue weighted by Crippen LogP contribution is -2.61. The summed E-state index contributed by atoms with van der Waals surface area (Å²) in [5.74, 6) is 0. The zero-order valence-electron chi connectivity index (χ0n) is 35.3. The highest BCUT2D eigenvalue weighted by atomic mass is 15.2. The van der Waals surface area contributed by atoms with Crippen molar-refractivity contribution in [3.63, 3.8) is 0 Å². The minimum atomic E-state index is -0.00868. The number of hydrogen-bond acceptors (Lipinski definition) is 3. The van der Waals surface area contributed by atoms with Crippen molar-refractivity contribution in [2.45, 2.75) is 26.2 Å². The maximum Gasteiger partial charge on any atom is 0.252 e. The second-order valence-electron chi connectivity index (χ2n) is 17.4. The molecule has 0 fully saturated rings. The quantitative estimate of drug-likeness (QED) is 0.149. The molecule has 3 nitrogen and oxygen atoms in total. The Kier molecular flexibility index (Phi) is 9.16. The summed E-state index contributed by atoms with van der Waals surface area (Å²) >= 11 is 0. The van der Waals surface area contributed by atoms with Crippen molar-refractivity contribution >= 4 is 74.3 Å². The average Bonchev–Trinajstić information content (AvgIpc) is 3.32. The van der Waals surface area contributed by atoms with E-state index in [9.17, 15) is 0 Å². The minimum Gasteiger partial charge on any atom is -0.311 e. The van der Waals surface area contributed by atoms with E-state index in [0.29, 0.717) is 0 Å². The van der Waals surface area contributed by atoms with Gasteiger partial charge in [-0.25, -0.2) is 0 Å². The Morgan fingerprint density at radius 1 is 0.355 bits per heavy atom. The molecule has 9 aromatic carbocycles. The van der Waals surface area contributed by atoms with Gasteiger partial charge in [-0.15, -0.1) is 0 Å². The number of para-hydroxylation sites is 2. The Hall–Kier alpha value is -7.56. The van der Waals surface area contributed by atoms with Crippen molar-refractivity contribution in [3.05, 3.63) is 230 Å². The standard InChI is InChI=1S/C58H46BN3/c1-58(2,3)45-31-33-48(34-32-45)61-53-28-17-29-54-57(53)59(52-37-35-50(40-56(52)61)60(46-23-12-6-13-24-46)47-25-14-7-15-26-47)51-36-30-44(42-20-10-5-11-21-42)39-55(51)62(54)49-27-16-22-43(38-49)41-18-8-4-9-19-41/h4-40H,1-3H3. The first-order valence-electron chi connectivity index (χ1n) is 21.6. The molecule has 11 rings (SSSR count). The smallest absolute Gasteiger partial charge is 0.252 e. The molecular weight excluding hydrogens is 749 g/mol. The molecule has 2 heterocycles. The lowest BCUT2D eigenvalue weighted by atomic mass is 9.33. The van der Waals surface area contributed by atoms with E-state index in [0.717, 1.165) is 28.4 Å². The zero-order valence-corrected chi connectivity index (χ0v) is 35.3. The number of benzene rings is 9. The fourth-order valence-electron chi connectivity index (χ4n) is 9.59. The Labute approximate surface area is 365 Å². The van der Waals surface area contributed by atoms with Crippen molar-refractivity contribution < 1.29 is 0 Å². The van der Waals surface area contributed by atoms with Gasteiger partial charge in [-0.1, -0.05) is 166 Å². The highest BCUT2D eigenvalue weighted by Gasteiger charge is 2.43. The summed E-state index contributed by atoms with van der Waals surface area (Å²) in [6, 6.07) is 82.3. The van der Waals surface area contributed by atoms with Gasteiger partial charge in [-0.05, 0) is 128 Å². The maximum absolute atomic E-state index is 2.51. The Bertz CT molecular complexity index is 3010. The topological polar surface area (TPSA) is 9.72 Å². The van der Waals surface area contributed by atoms with E-state index in [1.165, 1.54) is 67.0 Å². The first-order chi connectivity index (χ1) is 30.4. The largest absolute Gasteiger partial charge is 0.311 e. The van der Waals surface area contributed by atoms with Gasteiger partial charge in [0.2, 0.25) is 0 Å². The van der Waals surface area contributed by atoms with Crippen molar-refractivity contribution in [2.24, 2.45) is 0 Å². The van der Waals surface area contributed by atoms with Crippen LogP contribution in [0.1, 0.15) is 26.3 Å². The Balaban J connectivity index is 1.17. The Morgan fingerprint density at radius 3 is 1.42 bits per heavy atom. The zero-order chi connectivity index (χ0) is 41.8. The van der Waals surface area contributed by atoms with Gasteiger partial charge < -0.3 is 14.7 Å². The SMILES string of the molecule is CC(C)(C)c1ccc(N2c3cc(N(c4ccccc4)c4ccccc4)ccc3B3c4ccc(-c5ccccc5)cc4N(c4cccc(-c5ccccc5)c4)c4cccc2c43)cc1. The summed E-state index contributed by atoms with van der Waals surface area (Å²) in [5.41, 5.74) is 20.4. The van der Waals surface area contributed by atoms with Crippen LogP contribution in [0.25, 0.3) is 22.3 Å². The lowest BCUT2D eigenvalue weighted by Gasteiger charge is -2.44. The van der Waals surface area contributed by atoms with Crippen molar-refractivity contribution in [3.8, 4) is 22.3 Å². The molecule has 0 aliphatic carbocycles. The van der Waals surface area contributed by atoms with E-state index in [2.05, 4.69) is 260 Å². The summed E-state index contributed by atoms with van der Waals surface area (Å²) in [7, 11) is 0. The number of nitrogens with zero attached hydrogens (tertiary/aromatic N) is 3. The number of fused-ring (bicyclic) bond motifs is 4. The summed E-state index contributed by atoms with van der Waals surface area (Å²) in [5, 5.41) is 0. The van der Waals surface area contributed by atoms with Crippen molar-refractivity contribution in [2.75, 3.05) is 14.7 Å². The highest BCUT2D eigenvalue weighted by molar-refractivity contribution is 7.00. The molecule has 0 N–H and O–H groups in total. The molecule has 0 aromatic heterocycles. The summed E-state index contributed by atoms with van der Waals surface area (Å²) < 4.78 is 0. The van der Waals surface area contributed by atoms with Crippen LogP contribution in [0.3, 0.4) is 0 Å². The van der Waals surface area contributed by atoms with Gasteiger partial charge in [-0.3, -0.25) is 0 Å². The normalized spacial score (nSPS) is 12.7. The van der Waals surface area contributed by atoms with E-state index in [4.69, 9.17) is 0 Å². The molecule has 0 saturated heterocycles. The van der Waals surface area contributed by atoms with E-state index in [1.807, 2.05) is 0 Å². The van der Waals surface area contributed by atoms with Crippen LogP contribution in [-0.2, 0) is 5.41 Å². The molecule has 0 saturated carbocycles. The van der Waals surface area contributed by atoms with E-state index >= 15 is 0 Å². The summed E-state index contributed by atoms with van der Waals surface area (Å²) in [4.78, 5) is 7.39. The van der Waals surface area contributed by atoms with Gasteiger partial charge in [0.05, 0.1) is 0 Å².